The summed E-state index contributed by atoms with van der Waals surface area (Å²) in [6.45, 7) is -3.33. The van der Waals surface area contributed by atoms with Crippen LogP contribution < -0.4 is 5.32 Å². The standard InChI is InChI=1S/C16H24F5NO4/c17-15(18)26-7-9-5-11(13(24)14(25)12(9)23)22-6-8-1-3-10(4-2-8)16(19,20)21/h5,8,10-15,22-25H,1-4,6-7H2/t8?,10?,11-,12+,13+,14+/m1/s1. The van der Waals surface area contributed by atoms with Gasteiger partial charge >= 0.3 is 12.8 Å². The Balaban J connectivity index is 1.89. The third-order valence-electron chi connectivity index (χ3n) is 5.14. The van der Waals surface area contributed by atoms with E-state index in [9.17, 15) is 37.3 Å². The maximum absolute atomic E-state index is 12.7. The quantitative estimate of drug-likeness (QED) is 0.410. The van der Waals surface area contributed by atoms with E-state index in [1.165, 1.54) is 6.08 Å². The summed E-state index contributed by atoms with van der Waals surface area (Å²) in [6, 6.07) is -0.815. The molecule has 0 amide bonds. The van der Waals surface area contributed by atoms with E-state index in [-0.39, 0.29) is 24.3 Å². The number of hydrogen-bond acceptors (Lipinski definition) is 5. The van der Waals surface area contributed by atoms with Gasteiger partial charge in [-0.3, -0.25) is 0 Å². The van der Waals surface area contributed by atoms with Gasteiger partial charge in [0, 0.05) is 0 Å². The maximum Gasteiger partial charge on any atom is 0.391 e. The number of aliphatic hydroxyl groups is 3. The lowest BCUT2D eigenvalue weighted by atomic mass is 9.81. The number of alkyl halides is 5. The fourth-order valence-corrected chi connectivity index (χ4v) is 3.52. The summed E-state index contributed by atoms with van der Waals surface area (Å²) in [5, 5.41) is 32.7. The molecular weight excluding hydrogens is 365 g/mol. The van der Waals surface area contributed by atoms with Crippen molar-refractivity contribution < 1.29 is 42.0 Å². The molecular formula is C16H24F5NO4. The van der Waals surface area contributed by atoms with Gasteiger partial charge in [0.05, 0.1) is 18.6 Å². The molecule has 0 saturated heterocycles. The Labute approximate surface area is 147 Å². The Kier molecular flexibility index (Phi) is 7.37. The van der Waals surface area contributed by atoms with Crippen LogP contribution in [-0.2, 0) is 4.74 Å². The zero-order valence-corrected chi connectivity index (χ0v) is 14.0. The molecule has 152 valence electrons. The summed E-state index contributed by atoms with van der Waals surface area (Å²) < 4.78 is 66.5. The van der Waals surface area contributed by atoms with Gasteiger partial charge in [0.2, 0.25) is 0 Å². The molecule has 5 nitrogen and oxygen atoms in total. The molecule has 0 aromatic carbocycles. The lowest BCUT2D eigenvalue weighted by Crippen LogP contribution is -2.54. The molecule has 1 saturated carbocycles. The topological polar surface area (TPSA) is 82.0 Å². The third kappa shape index (κ3) is 5.59. The van der Waals surface area contributed by atoms with Gasteiger partial charge < -0.3 is 25.4 Å². The summed E-state index contributed by atoms with van der Waals surface area (Å²) in [5.41, 5.74) is 0.0152. The van der Waals surface area contributed by atoms with Gasteiger partial charge in [-0.25, -0.2) is 0 Å². The molecule has 0 heterocycles. The van der Waals surface area contributed by atoms with Gasteiger partial charge in [-0.05, 0) is 43.7 Å². The van der Waals surface area contributed by atoms with Crippen LogP contribution in [0, 0.1) is 11.8 Å². The molecule has 1 fully saturated rings. The van der Waals surface area contributed by atoms with Crippen LogP contribution in [0.4, 0.5) is 22.0 Å². The van der Waals surface area contributed by atoms with Gasteiger partial charge in [0.25, 0.3) is 0 Å². The fraction of sp³-hybridized carbons (Fsp3) is 0.875. The highest BCUT2D eigenvalue weighted by atomic mass is 19.4. The van der Waals surface area contributed by atoms with Crippen LogP contribution in [0.2, 0.25) is 0 Å². The average molecular weight is 389 g/mol. The third-order valence-corrected chi connectivity index (χ3v) is 5.14. The molecule has 4 N–H and O–H groups in total. The Bertz CT molecular complexity index is 480. The highest BCUT2D eigenvalue weighted by Gasteiger charge is 2.42. The van der Waals surface area contributed by atoms with Gasteiger partial charge in [-0.15, -0.1) is 0 Å². The van der Waals surface area contributed by atoms with Gasteiger partial charge in [0.15, 0.2) is 0 Å². The first-order valence-electron chi connectivity index (χ1n) is 8.54. The summed E-state index contributed by atoms with van der Waals surface area (Å²) in [6.07, 6.45) is -6.45. The fourth-order valence-electron chi connectivity index (χ4n) is 3.52. The van der Waals surface area contributed by atoms with Crippen LogP contribution >= 0.6 is 0 Å². The number of rotatable bonds is 6. The second kappa shape index (κ2) is 8.92. The second-order valence-corrected chi connectivity index (χ2v) is 6.93. The van der Waals surface area contributed by atoms with Gasteiger partial charge in [-0.2, -0.15) is 22.0 Å². The SMILES string of the molecule is O[C@@H]1[C@@H](O)[C@@H](O)C(COC(F)F)=C[C@H]1NCC1CCC(C(F)(F)F)CC1. The first kappa shape index (κ1) is 21.5. The first-order chi connectivity index (χ1) is 12.1. The van der Waals surface area contributed by atoms with Crippen molar-refractivity contribution in [1.29, 1.82) is 0 Å². The van der Waals surface area contributed by atoms with E-state index < -0.39 is 49.7 Å². The maximum atomic E-state index is 12.7. The zero-order valence-electron chi connectivity index (χ0n) is 14.0. The average Bonchev–Trinajstić information content (AvgIpc) is 2.57. The van der Waals surface area contributed by atoms with E-state index in [0.717, 1.165) is 0 Å². The molecule has 0 spiro atoms. The van der Waals surface area contributed by atoms with E-state index in [1.807, 2.05) is 0 Å². The molecule has 26 heavy (non-hydrogen) atoms. The van der Waals surface area contributed by atoms with Crippen LogP contribution in [0.1, 0.15) is 25.7 Å². The summed E-state index contributed by atoms with van der Waals surface area (Å²) in [7, 11) is 0. The van der Waals surface area contributed by atoms with Crippen LogP contribution in [0.15, 0.2) is 11.6 Å². The highest BCUT2D eigenvalue weighted by Crippen LogP contribution is 2.39. The number of nitrogens with one attached hydrogen (secondary N) is 1. The van der Waals surface area contributed by atoms with E-state index in [0.29, 0.717) is 19.4 Å². The van der Waals surface area contributed by atoms with E-state index >= 15 is 0 Å². The van der Waals surface area contributed by atoms with Crippen LogP contribution in [0.5, 0.6) is 0 Å². The van der Waals surface area contributed by atoms with Crippen molar-refractivity contribution in [2.45, 2.75) is 62.8 Å². The van der Waals surface area contributed by atoms with Crippen molar-refractivity contribution in [2.75, 3.05) is 13.2 Å². The van der Waals surface area contributed by atoms with Crippen LogP contribution in [-0.4, -0.2) is 65.6 Å². The Morgan fingerprint density at radius 1 is 1.08 bits per heavy atom. The summed E-state index contributed by atoms with van der Waals surface area (Å²) in [5.74, 6) is -1.30. The molecule has 0 radical (unpaired) electrons. The van der Waals surface area contributed by atoms with Crippen molar-refractivity contribution in [1.82, 2.24) is 5.32 Å². The predicted octanol–water partition coefficient (Wildman–Crippen LogP) is 1.58. The van der Waals surface area contributed by atoms with Crippen molar-refractivity contribution >= 4 is 0 Å². The molecule has 2 aliphatic carbocycles. The Hall–Kier alpha value is -0.810. The predicted molar refractivity (Wildman–Crippen MR) is 81.4 cm³/mol. The Morgan fingerprint density at radius 3 is 2.23 bits per heavy atom. The minimum absolute atomic E-state index is 0.0149. The molecule has 0 aliphatic heterocycles. The molecule has 4 atom stereocenters. The number of aliphatic hydroxyl groups excluding tert-OH is 3. The molecule has 0 aromatic heterocycles. The van der Waals surface area contributed by atoms with Crippen molar-refractivity contribution in [3.05, 3.63) is 11.6 Å². The minimum Gasteiger partial charge on any atom is -0.388 e. The largest absolute Gasteiger partial charge is 0.391 e. The normalized spacial score (nSPS) is 36.3. The lowest BCUT2D eigenvalue weighted by Gasteiger charge is -2.36. The monoisotopic (exact) mass is 389 g/mol. The number of hydrogen-bond donors (Lipinski definition) is 4. The van der Waals surface area contributed by atoms with Crippen molar-refractivity contribution in [3.63, 3.8) is 0 Å². The molecule has 2 rings (SSSR count). The number of ether oxygens (including phenoxy) is 1. The van der Waals surface area contributed by atoms with Gasteiger partial charge in [-0.1, -0.05) is 6.08 Å². The second-order valence-electron chi connectivity index (χ2n) is 6.93. The summed E-state index contributed by atoms with van der Waals surface area (Å²) in [4.78, 5) is 0. The molecule has 10 heteroatoms. The van der Waals surface area contributed by atoms with Crippen molar-refractivity contribution in [3.8, 4) is 0 Å². The Morgan fingerprint density at radius 2 is 1.69 bits per heavy atom. The summed E-state index contributed by atoms with van der Waals surface area (Å²) >= 11 is 0. The molecule has 0 bridgehead atoms. The van der Waals surface area contributed by atoms with Crippen LogP contribution in [0.25, 0.3) is 0 Å². The number of halogens is 5. The lowest BCUT2D eigenvalue weighted by molar-refractivity contribution is -0.183. The highest BCUT2D eigenvalue weighted by molar-refractivity contribution is 5.22. The van der Waals surface area contributed by atoms with Crippen molar-refractivity contribution in [2.24, 2.45) is 11.8 Å². The van der Waals surface area contributed by atoms with E-state index in [4.69, 9.17) is 0 Å². The first-order valence-corrected chi connectivity index (χ1v) is 8.54. The minimum atomic E-state index is -4.18. The zero-order chi connectivity index (χ0) is 19.5. The van der Waals surface area contributed by atoms with E-state index in [2.05, 4.69) is 10.1 Å². The molecule has 0 unspecified atom stereocenters. The van der Waals surface area contributed by atoms with E-state index in [1.54, 1.807) is 0 Å². The van der Waals surface area contributed by atoms with Gasteiger partial charge in [0.1, 0.15) is 18.3 Å². The molecule has 2 aliphatic rings. The smallest absolute Gasteiger partial charge is 0.388 e. The van der Waals surface area contributed by atoms with Crippen LogP contribution in [0.3, 0.4) is 0 Å². The molecule has 0 aromatic rings.